The number of carbonyl (C=O) groups is 1. The van der Waals surface area contributed by atoms with Crippen LogP contribution in [0.25, 0.3) is 0 Å². The normalized spacial score (nSPS) is 19.9. The van der Waals surface area contributed by atoms with E-state index in [0.717, 1.165) is 30.6 Å². The van der Waals surface area contributed by atoms with E-state index in [9.17, 15) is 9.90 Å². The van der Waals surface area contributed by atoms with Gasteiger partial charge in [-0.3, -0.25) is 4.79 Å². The molecule has 2 heterocycles. The van der Waals surface area contributed by atoms with Crippen molar-refractivity contribution in [2.75, 3.05) is 13.2 Å². The molecule has 0 spiro atoms. The Morgan fingerprint density at radius 3 is 2.71 bits per heavy atom. The summed E-state index contributed by atoms with van der Waals surface area (Å²) in [4.78, 5) is 15.1. The van der Waals surface area contributed by atoms with Gasteiger partial charge in [0.15, 0.2) is 11.5 Å². The van der Waals surface area contributed by atoms with Gasteiger partial charge in [0.25, 0.3) is 5.91 Å². The van der Waals surface area contributed by atoms with Gasteiger partial charge in [-0.1, -0.05) is 36.4 Å². The van der Waals surface area contributed by atoms with Gasteiger partial charge in [-0.05, 0) is 38.3 Å². The highest BCUT2D eigenvalue weighted by Crippen LogP contribution is 2.43. The van der Waals surface area contributed by atoms with E-state index >= 15 is 0 Å². The molecule has 1 atom stereocenters. The van der Waals surface area contributed by atoms with Crippen molar-refractivity contribution in [3.63, 3.8) is 0 Å². The number of benzene rings is 2. The summed E-state index contributed by atoms with van der Waals surface area (Å²) in [5, 5.41) is 10.8. The summed E-state index contributed by atoms with van der Waals surface area (Å²) in [6.45, 7) is 5.68. The molecule has 1 amide bonds. The number of ether oxygens (including phenoxy) is 2. The summed E-state index contributed by atoms with van der Waals surface area (Å²) >= 11 is 0. The number of aromatic hydroxyl groups is 1. The highest BCUT2D eigenvalue weighted by atomic mass is 16.5. The fraction of sp³-hybridized carbons (Fsp3) is 0.435. The third kappa shape index (κ3) is 3.85. The van der Waals surface area contributed by atoms with Gasteiger partial charge >= 0.3 is 0 Å². The second kappa shape index (κ2) is 7.47. The van der Waals surface area contributed by atoms with Crippen molar-refractivity contribution in [1.82, 2.24) is 4.90 Å². The van der Waals surface area contributed by atoms with Gasteiger partial charge < -0.3 is 19.5 Å². The molecular formula is C23H27NO4. The van der Waals surface area contributed by atoms with Crippen molar-refractivity contribution in [3.05, 3.63) is 59.2 Å². The number of phenols is 1. The van der Waals surface area contributed by atoms with Crippen molar-refractivity contribution >= 4 is 5.91 Å². The Labute approximate surface area is 165 Å². The van der Waals surface area contributed by atoms with Crippen LogP contribution in [-0.2, 0) is 17.7 Å². The number of carbonyl (C=O) groups excluding carboxylic acids is 1. The number of hydrogen-bond acceptors (Lipinski definition) is 4. The predicted octanol–water partition coefficient (Wildman–Crippen LogP) is 3.93. The molecule has 5 nitrogen and oxygen atoms in total. The SMILES string of the molecule is CC1(C)Cc2ccc(C(=O)N(Cc3ccccc3)CC3CCCO3)c(O)c2O1. The van der Waals surface area contributed by atoms with Gasteiger partial charge in [-0.25, -0.2) is 0 Å². The molecule has 5 heteroatoms. The zero-order valence-corrected chi connectivity index (χ0v) is 16.5. The van der Waals surface area contributed by atoms with Gasteiger partial charge in [-0.15, -0.1) is 0 Å². The Kier molecular flexibility index (Phi) is 5.02. The Hall–Kier alpha value is -2.53. The maximum atomic E-state index is 13.4. The fourth-order valence-corrected chi connectivity index (χ4v) is 4.04. The van der Waals surface area contributed by atoms with Crippen LogP contribution in [-0.4, -0.2) is 40.8 Å². The molecule has 2 aromatic carbocycles. The lowest BCUT2D eigenvalue weighted by atomic mass is 10.00. The predicted molar refractivity (Wildman–Crippen MR) is 107 cm³/mol. The van der Waals surface area contributed by atoms with Crippen molar-refractivity contribution in [3.8, 4) is 11.5 Å². The van der Waals surface area contributed by atoms with E-state index in [1.165, 1.54) is 0 Å². The quantitative estimate of drug-likeness (QED) is 0.853. The minimum absolute atomic E-state index is 0.0411. The van der Waals surface area contributed by atoms with Gasteiger partial charge in [0.1, 0.15) is 5.60 Å². The Balaban J connectivity index is 1.62. The lowest BCUT2D eigenvalue weighted by Gasteiger charge is -2.26. The molecule has 148 valence electrons. The zero-order chi connectivity index (χ0) is 19.7. The van der Waals surface area contributed by atoms with E-state index in [2.05, 4.69) is 0 Å². The van der Waals surface area contributed by atoms with Crippen LogP contribution < -0.4 is 4.74 Å². The molecule has 1 unspecified atom stereocenters. The second-order valence-corrected chi connectivity index (χ2v) is 8.29. The fourth-order valence-electron chi connectivity index (χ4n) is 4.04. The molecule has 0 aromatic heterocycles. The van der Waals surface area contributed by atoms with Crippen LogP contribution in [0.15, 0.2) is 42.5 Å². The van der Waals surface area contributed by atoms with Gasteiger partial charge in [0, 0.05) is 31.7 Å². The molecule has 0 aliphatic carbocycles. The minimum Gasteiger partial charge on any atom is -0.504 e. The molecule has 0 bridgehead atoms. The Morgan fingerprint density at radius 2 is 2.00 bits per heavy atom. The molecule has 1 N–H and O–H groups in total. The van der Waals surface area contributed by atoms with Crippen LogP contribution in [0, 0.1) is 0 Å². The van der Waals surface area contributed by atoms with E-state index < -0.39 is 0 Å². The van der Waals surface area contributed by atoms with E-state index in [0.29, 0.717) is 25.3 Å². The first-order valence-electron chi connectivity index (χ1n) is 9.91. The standard InChI is InChI=1S/C23H27NO4/c1-23(2)13-17-10-11-19(20(25)21(17)28-23)22(26)24(15-18-9-6-12-27-18)14-16-7-4-3-5-8-16/h3-5,7-8,10-11,18,25H,6,9,12-15H2,1-2H3. The largest absolute Gasteiger partial charge is 0.504 e. The summed E-state index contributed by atoms with van der Waals surface area (Å²) in [5.41, 5.74) is 1.90. The van der Waals surface area contributed by atoms with Gasteiger partial charge in [-0.2, -0.15) is 0 Å². The number of hydrogen-bond donors (Lipinski definition) is 1. The van der Waals surface area contributed by atoms with Crippen molar-refractivity contribution in [2.45, 2.75) is 51.4 Å². The number of fused-ring (bicyclic) bond motifs is 1. The maximum absolute atomic E-state index is 13.4. The summed E-state index contributed by atoms with van der Waals surface area (Å²) in [7, 11) is 0. The van der Waals surface area contributed by atoms with E-state index in [4.69, 9.17) is 9.47 Å². The lowest BCUT2D eigenvalue weighted by molar-refractivity contribution is 0.0504. The third-order valence-corrected chi connectivity index (χ3v) is 5.39. The number of nitrogens with zero attached hydrogens (tertiary/aromatic N) is 1. The van der Waals surface area contributed by atoms with Crippen LogP contribution in [0.3, 0.4) is 0 Å². The van der Waals surface area contributed by atoms with E-state index in [-0.39, 0.29) is 28.9 Å². The van der Waals surface area contributed by atoms with E-state index in [1.54, 1.807) is 11.0 Å². The van der Waals surface area contributed by atoms with Crippen LogP contribution in [0.2, 0.25) is 0 Å². The van der Waals surface area contributed by atoms with Crippen molar-refractivity contribution in [2.24, 2.45) is 0 Å². The summed E-state index contributed by atoms with van der Waals surface area (Å²) in [6.07, 6.45) is 2.73. The van der Waals surface area contributed by atoms with Gasteiger partial charge in [0.2, 0.25) is 0 Å². The van der Waals surface area contributed by atoms with E-state index in [1.807, 2.05) is 50.2 Å². The molecule has 1 fully saturated rings. The average Bonchev–Trinajstić information content (AvgIpc) is 3.28. The maximum Gasteiger partial charge on any atom is 0.258 e. The Morgan fingerprint density at radius 1 is 1.21 bits per heavy atom. The van der Waals surface area contributed by atoms with Crippen LogP contribution in [0.5, 0.6) is 11.5 Å². The molecule has 4 rings (SSSR count). The van der Waals surface area contributed by atoms with Crippen LogP contribution >= 0.6 is 0 Å². The molecule has 2 aromatic rings. The van der Waals surface area contributed by atoms with Crippen molar-refractivity contribution < 1.29 is 19.4 Å². The van der Waals surface area contributed by atoms with Gasteiger partial charge in [0.05, 0.1) is 11.7 Å². The van der Waals surface area contributed by atoms with Crippen LogP contribution in [0.4, 0.5) is 0 Å². The summed E-state index contributed by atoms with van der Waals surface area (Å²) in [5.74, 6) is 0.180. The molecule has 2 aliphatic heterocycles. The number of amides is 1. The molecule has 2 aliphatic rings. The first kappa shape index (κ1) is 18.8. The first-order chi connectivity index (χ1) is 13.4. The van der Waals surface area contributed by atoms with Crippen LogP contribution in [0.1, 0.15) is 48.2 Å². The molecule has 0 radical (unpaired) electrons. The highest BCUT2D eigenvalue weighted by Gasteiger charge is 2.35. The highest BCUT2D eigenvalue weighted by molar-refractivity contribution is 5.98. The minimum atomic E-state index is -0.372. The zero-order valence-electron chi connectivity index (χ0n) is 16.5. The third-order valence-electron chi connectivity index (χ3n) is 5.39. The Bertz CT molecular complexity index is 856. The monoisotopic (exact) mass is 381 g/mol. The first-order valence-corrected chi connectivity index (χ1v) is 9.91. The van der Waals surface area contributed by atoms with Crippen molar-refractivity contribution in [1.29, 1.82) is 0 Å². The second-order valence-electron chi connectivity index (χ2n) is 8.29. The summed E-state index contributed by atoms with van der Waals surface area (Å²) in [6, 6.07) is 13.5. The molecule has 0 saturated carbocycles. The lowest BCUT2D eigenvalue weighted by Crippen LogP contribution is -2.37. The molecule has 28 heavy (non-hydrogen) atoms. The number of rotatable bonds is 5. The average molecular weight is 381 g/mol. The number of phenolic OH excluding ortho intramolecular Hbond substituents is 1. The molecular weight excluding hydrogens is 354 g/mol. The topological polar surface area (TPSA) is 59.0 Å². The molecule has 1 saturated heterocycles. The smallest absolute Gasteiger partial charge is 0.258 e. The summed E-state index contributed by atoms with van der Waals surface area (Å²) < 4.78 is 11.7.